The number of rotatable bonds is 7. The van der Waals surface area contributed by atoms with Crippen LogP contribution in [0.25, 0.3) is 0 Å². The van der Waals surface area contributed by atoms with Crippen molar-refractivity contribution in [2.45, 2.75) is 43.9 Å². The zero-order valence-corrected chi connectivity index (χ0v) is 13.1. The SMILES string of the molecule is COC(CN)CC(=O)N1CCCC1CC(O)c1ccccc1. The molecule has 5 heteroatoms. The number of methoxy groups -OCH3 is 1. The van der Waals surface area contributed by atoms with Crippen molar-refractivity contribution in [1.29, 1.82) is 0 Å². The van der Waals surface area contributed by atoms with Crippen molar-refractivity contribution in [3.8, 4) is 0 Å². The standard InChI is InChI=1S/C17H26N2O3/c1-22-15(12-18)11-17(21)19-9-5-8-14(19)10-16(20)13-6-3-2-4-7-13/h2-4,6-7,14-16,20H,5,8-12,18H2,1H3. The van der Waals surface area contributed by atoms with Gasteiger partial charge in [-0.15, -0.1) is 0 Å². The van der Waals surface area contributed by atoms with E-state index in [0.717, 1.165) is 24.9 Å². The average molecular weight is 306 g/mol. The number of hydrogen-bond donors (Lipinski definition) is 2. The van der Waals surface area contributed by atoms with Crippen LogP contribution >= 0.6 is 0 Å². The third-order valence-corrected chi connectivity index (χ3v) is 4.38. The van der Waals surface area contributed by atoms with E-state index >= 15 is 0 Å². The van der Waals surface area contributed by atoms with Crippen molar-refractivity contribution in [3.63, 3.8) is 0 Å². The van der Waals surface area contributed by atoms with Crippen LogP contribution in [0.3, 0.4) is 0 Å². The molecule has 22 heavy (non-hydrogen) atoms. The van der Waals surface area contributed by atoms with E-state index in [4.69, 9.17) is 10.5 Å². The van der Waals surface area contributed by atoms with E-state index in [9.17, 15) is 9.90 Å². The van der Waals surface area contributed by atoms with E-state index in [1.165, 1.54) is 0 Å². The molecule has 1 heterocycles. The van der Waals surface area contributed by atoms with E-state index in [1.54, 1.807) is 7.11 Å². The second-order valence-electron chi connectivity index (χ2n) is 5.84. The Morgan fingerprint density at radius 2 is 2.18 bits per heavy atom. The zero-order valence-electron chi connectivity index (χ0n) is 13.1. The first kappa shape index (κ1) is 16.9. The molecule has 122 valence electrons. The number of likely N-dealkylation sites (tertiary alicyclic amines) is 1. The highest BCUT2D eigenvalue weighted by Crippen LogP contribution is 2.28. The number of aliphatic hydroxyl groups is 1. The fourth-order valence-corrected chi connectivity index (χ4v) is 3.05. The molecule has 1 saturated heterocycles. The normalized spacial score (nSPS) is 20.9. The summed E-state index contributed by atoms with van der Waals surface area (Å²) in [5.74, 6) is 0.0695. The van der Waals surface area contributed by atoms with Crippen molar-refractivity contribution in [3.05, 3.63) is 35.9 Å². The van der Waals surface area contributed by atoms with Gasteiger partial charge in [0.15, 0.2) is 0 Å². The van der Waals surface area contributed by atoms with Gasteiger partial charge in [0.2, 0.25) is 5.91 Å². The quantitative estimate of drug-likeness (QED) is 0.800. The summed E-state index contributed by atoms with van der Waals surface area (Å²) in [5.41, 5.74) is 6.49. The largest absolute Gasteiger partial charge is 0.388 e. The maximum atomic E-state index is 12.4. The minimum atomic E-state index is -0.535. The van der Waals surface area contributed by atoms with E-state index < -0.39 is 6.10 Å². The first-order valence-electron chi connectivity index (χ1n) is 7.91. The summed E-state index contributed by atoms with van der Waals surface area (Å²) in [4.78, 5) is 14.3. The third-order valence-electron chi connectivity index (χ3n) is 4.38. The molecule has 5 nitrogen and oxygen atoms in total. The van der Waals surface area contributed by atoms with Crippen LogP contribution in [0.5, 0.6) is 0 Å². The van der Waals surface area contributed by atoms with E-state index in [2.05, 4.69) is 0 Å². The number of hydrogen-bond acceptors (Lipinski definition) is 4. The molecular formula is C17H26N2O3. The van der Waals surface area contributed by atoms with Crippen LogP contribution in [0.4, 0.5) is 0 Å². The van der Waals surface area contributed by atoms with Gasteiger partial charge < -0.3 is 20.5 Å². The highest BCUT2D eigenvalue weighted by atomic mass is 16.5. The van der Waals surface area contributed by atoms with Gasteiger partial charge in [0, 0.05) is 26.2 Å². The summed E-state index contributed by atoms with van der Waals surface area (Å²) in [6.07, 6.45) is 2.05. The van der Waals surface area contributed by atoms with Crippen LogP contribution in [0, 0.1) is 0 Å². The molecule has 3 N–H and O–H groups in total. The minimum Gasteiger partial charge on any atom is -0.388 e. The maximum absolute atomic E-state index is 12.4. The second-order valence-corrected chi connectivity index (χ2v) is 5.84. The Bertz CT molecular complexity index is 462. The molecule has 0 aromatic heterocycles. The van der Waals surface area contributed by atoms with E-state index in [1.807, 2.05) is 35.2 Å². The lowest BCUT2D eigenvalue weighted by Crippen LogP contribution is -2.39. The molecule has 1 aromatic rings. The fourth-order valence-electron chi connectivity index (χ4n) is 3.05. The lowest BCUT2D eigenvalue weighted by Gasteiger charge is -2.28. The molecule has 0 aliphatic carbocycles. The predicted molar refractivity (Wildman–Crippen MR) is 85.2 cm³/mol. The van der Waals surface area contributed by atoms with Crippen LogP contribution in [0.1, 0.15) is 37.4 Å². The van der Waals surface area contributed by atoms with Crippen LogP contribution in [-0.2, 0) is 9.53 Å². The molecule has 2 rings (SSSR count). The number of nitrogens with two attached hydrogens (primary N) is 1. The summed E-state index contributed by atoms with van der Waals surface area (Å²) in [5, 5.41) is 10.4. The smallest absolute Gasteiger partial charge is 0.225 e. The van der Waals surface area contributed by atoms with Gasteiger partial charge in [0.05, 0.1) is 18.6 Å². The highest BCUT2D eigenvalue weighted by molar-refractivity contribution is 5.77. The van der Waals surface area contributed by atoms with Gasteiger partial charge in [-0.05, 0) is 24.8 Å². The van der Waals surface area contributed by atoms with Crippen LogP contribution in [-0.4, -0.2) is 48.3 Å². The maximum Gasteiger partial charge on any atom is 0.225 e. The average Bonchev–Trinajstić information content (AvgIpc) is 3.01. The molecule has 0 spiro atoms. The van der Waals surface area contributed by atoms with Gasteiger partial charge >= 0.3 is 0 Å². The Morgan fingerprint density at radius 3 is 2.82 bits per heavy atom. The van der Waals surface area contributed by atoms with Crippen LogP contribution in [0.2, 0.25) is 0 Å². The van der Waals surface area contributed by atoms with Crippen LogP contribution < -0.4 is 5.73 Å². The summed E-state index contributed by atoms with van der Waals surface area (Å²) in [6, 6.07) is 9.70. The number of amides is 1. The monoisotopic (exact) mass is 306 g/mol. The zero-order chi connectivity index (χ0) is 15.9. The Balaban J connectivity index is 1.94. The third kappa shape index (κ3) is 4.29. The molecular weight excluding hydrogens is 280 g/mol. The van der Waals surface area contributed by atoms with Gasteiger partial charge in [-0.1, -0.05) is 30.3 Å². The molecule has 1 fully saturated rings. The van der Waals surface area contributed by atoms with E-state index in [0.29, 0.717) is 19.4 Å². The van der Waals surface area contributed by atoms with Crippen molar-refractivity contribution in [2.24, 2.45) is 5.73 Å². The molecule has 0 radical (unpaired) electrons. The Hall–Kier alpha value is -1.43. The molecule has 0 bridgehead atoms. The number of nitrogens with zero attached hydrogens (tertiary/aromatic N) is 1. The first-order chi connectivity index (χ1) is 10.7. The Morgan fingerprint density at radius 1 is 1.45 bits per heavy atom. The molecule has 1 aliphatic heterocycles. The molecule has 1 aromatic carbocycles. The molecule has 0 saturated carbocycles. The molecule has 3 atom stereocenters. The predicted octanol–water partition coefficient (Wildman–Crippen LogP) is 1.46. The van der Waals surface area contributed by atoms with Crippen molar-refractivity contribution < 1.29 is 14.6 Å². The fraction of sp³-hybridized carbons (Fsp3) is 0.588. The topological polar surface area (TPSA) is 75.8 Å². The Kier molecular flexibility index (Phi) is 6.36. The van der Waals surface area contributed by atoms with Crippen molar-refractivity contribution >= 4 is 5.91 Å². The number of aliphatic hydroxyl groups excluding tert-OH is 1. The number of carbonyl (C=O) groups is 1. The van der Waals surface area contributed by atoms with Gasteiger partial charge in [0.25, 0.3) is 0 Å². The molecule has 3 unspecified atom stereocenters. The summed E-state index contributed by atoms with van der Waals surface area (Å²) >= 11 is 0. The molecule has 1 amide bonds. The number of carbonyl (C=O) groups excluding carboxylic acids is 1. The molecule has 1 aliphatic rings. The van der Waals surface area contributed by atoms with Gasteiger partial charge in [-0.2, -0.15) is 0 Å². The first-order valence-corrected chi connectivity index (χ1v) is 7.91. The summed E-state index contributed by atoms with van der Waals surface area (Å²) < 4.78 is 5.19. The lowest BCUT2D eigenvalue weighted by atomic mass is 10.0. The van der Waals surface area contributed by atoms with Gasteiger partial charge in [-0.3, -0.25) is 4.79 Å². The van der Waals surface area contributed by atoms with Crippen LogP contribution in [0.15, 0.2) is 30.3 Å². The highest BCUT2D eigenvalue weighted by Gasteiger charge is 2.31. The van der Waals surface area contributed by atoms with Crippen molar-refractivity contribution in [2.75, 3.05) is 20.2 Å². The second kappa shape index (κ2) is 8.27. The van der Waals surface area contributed by atoms with Gasteiger partial charge in [0.1, 0.15) is 0 Å². The lowest BCUT2D eigenvalue weighted by molar-refractivity contribution is -0.134. The number of ether oxygens (including phenoxy) is 1. The Labute approximate surface area is 132 Å². The van der Waals surface area contributed by atoms with Gasteiger partial charge in [-0.25, -0.2) is 0 Å². The number of benzene rings is 1. The summed E-state index contributed by atoms with van der Waals surface area (Å²) in [7, 11) is 1.57. The summed E-state index contributed by atoms with van der Waals surface area (Å²) in [6.45, 7) is 1.10. The van der Waals surface area contributed by atoms with E-state index in [-0.39, 0.29) is 18.1 Å². The minimum absolute atomic E-state index is 0.0695. The van der Waals surface area contributed by atoms with Crippen molar-refractivity contribution in [1.82, 2.24) is 4.90 Å².